The van der Waals surface area contributed by atoms with Gasteiger partial charge in [0, 0.05) is 13.2 Å². The first-order chi connectivity index (χ1) is 9.00. The van der Waals surface area contributed by atoms with Gasteiger partial charge in [0.15, 0.2) is 0 Å². The van der Waals surface area contributed by atoms with Gasteiger partial charge in [-0.3, -0.25) is 4.98 Å². The van der Waals surface area contributed by atoms with E-state index in [0.29, 0.717) is 4.90 Å². The summed E-state index contributed by atoms with van der Waals surface area (Å²) in [5.41, 5.74) is 1.65. The normalized spacial score (nSPS) is 11.7. The van der Waals surface area contributed by atoms with Crippen LogP contribution < -0.4 is 0 Å². The second-order valence-electron chi connectivity index (χ2n) is 4.40. The Labute approximate surface area is 113 Å². The molecule has 0 saturated heterocycles. The third-order valence-electron chi connectivity index (χ3n) is 2.81. The molecule has 0 spiro atoms. The van der Waals surface area contributed by atoms with Gasteiger partial charge >= 0.3 is 0 Å². The zero-order valence-electron chi connectivity index (χ0n) is 10.9. The maximum absolute atomic E-state index is 12.4. The lowest BCUT2D eigenvalue weighted by Crippen LogP contribution is -2.26. The summed E-state index contributed by atoms with van der Waals surface area (Å²) < 4.78 is 26.1. The van der Waals surface area contributed by atoms with Crippen LogP contribution in [0, 0.1) is 6.92 Å². The molecule has 0 amide bonds. The van der Waals surface area contributed by atoms with Crippen LogP contribution in [0.15, 0.2) is 53.6 Å². The van der Waals surface area contributed by atoms with E-state index in [0.717, 1.165) is 11.3 Å². The third kappa shape index (κ3) is 3.19. The molecule has 0 aliphatic carbocycles. The van der Waals surface area contributed by atoms with Crippen LogP contribution in [0.25, 0.3) is 0 Å². The predicted octanol–water partition coefficient (Wildman–Crippen LogP) is 2.21. The molecule has 2 rings (SSSR count). The maximum atomic E-state index is 12.4. The molecule has 0 N–H and O–H groups in total. The van der Waals surface area contributed by atoms with Gasteiger partial charge in [-0.05, 0) is 36.8 Å². The van der Waals surface area contributed by atoms with Crippen LogP contribution in [0.2, 0.25) is 0 Å². The van der Waals surface area contributed by atoms with Crippen LogP contribution in [0.4, 0.5) is 0 Å². The number of hydrogen-bond acceptors (Lipinski definition) is 3. The summed E-state index contributed by atoms with van der Waals surface area (Å²) in [6.45, 7) is 2.13. The van der Waals surface area contributed by atoms with Crippen LogP contribution in [0.5, 0.6) is 0 Å². The fourth-order valence-corrected chi connectivity index (χ4v) is 3.01. The van der Waals surface area contributed by atoms with Gasteiger partial charge in [0.1, 0.15) is 0 Å². The second-order valence-corrected chi connectivity index (χ2v) is 6.44. The number of rotatable bonds is 4. The molecular formula is C14H16N2O2S. The van der Waals surface area contributed by atoms with Crippen LogP contribution in [0.3, 0.4) is 0 Å². The van der Waals surface area contributed by atoms with E-state index in [4.69, 9.17) is 0 Å². The number of benzene rings is 1. The number of sulfonamides is 1. The Bertz CT molecular complexity index is 654. The van der Waals surface area contributed by atoms with Crippen LogP contribution >= 0.6 is 0 Å². The van der Waals surface area contributed by atoms with Gasteiger partial charge in [0.2, 0.25) is 10.0 Å². The lowest BCUT2D eigenvalue weighted by atomic mass is 10.2. The Morgan fingerprint density at radius 1 is 1.16 bits per heavy atom. The zero-order chi connectivity index (χ0) is 13.9. The molecular weight excluding hydrogens is 260 g/mol. The molecule has 1 heterocycles. The van der Waals surface area contributed by atoms with E-state index in [2.05, 4.69) is 4.98 Å². The van der Waals surface area contributed by atoms with E-state index in [1.165, 1.54) is 4.31 Å². The number of aryl methyl sites for hydroxylation is 1. The highest BCUT2D eigenvalue weighted by atomic mass is 32.2. The molecule has 2 aromatic rings. The molecule has 0 aliphatic heterocycles. The summed E-state index contributed by atoms with van der Waals surface area (Å²) >= 11 is 0. The van der Waals surface area contributed by atoms with Crippen LogP contribution in [0.1, 0.15) is 11.3 Å². The number of pyridine rings is 1. The van der Waals surface area contributed by atoms with Gasteiger partial charge in [-0.25, -0.2) is 8.42 Å². The SMILES string of the molecule is Cc1cccc(S(=O)(=O)N(C)Cc2ccccn2)c1. The van der Waals surface area contributed by atoms with E-state index >= 15 is 0 Å². The quantitative estimate of drug-likeness (QED) is 0.860. The van der Waals surface area contributed by atoms with Gasteiger partial charge in [-0.15, -0.1) is 0 Å². The average Bonchev–Trinajstić information content (AvgIpc) is 2.40. The van der Waals surface area contributed by atoms with Crippen molar-refractivity contribution >= 4 is 10.0 Å². The Kier molecular flexibility index (Phi) is 3.97. The smallest absolute Gasteiger partial charge is 0.243 e. The summed E-state index contributed by atoms with van der Waals surface area (Å²) in [4.78, 5) is 4.45. The first-order valence-electron chi connectivity index (χ1n) is 5.93. The summed E-state index contributed by atoms with van der Waals surface area (Å²) in [6, 6.07) is 12.4. The minimum atomic E-state index is -3.47. The zero-order valence-corrected chi connectivity index (χ0v) is 11.8. The summed E-state index contributed by atoms with van der Waals surface area (Å²) in [5, 5.41) is 0. The largest absolute Gasteiger partial charge is 0.260 e. The monoisotopic (exact) mass is 276 g/mol. The number of hydrogen-bond donors (Lipinski definition) is 0. The van der Waals surface area contributed by atoms with Crippen molar-refractivity contribution in [1.29, 1.82) is 0 Å². The predicted molar refractivity (Wildman–Crippen MR) is 74.1 cm³/mol. The van der Waals surface area contributed by atoms with E-state index in [1.54, 1.807) is 37.5 Å². The molecule has 0 atom stereocenters. The van der Waals surface area contributed by atoms with E-state index in [1.807, 2.05) is 25.1 Å². The molecule has 1 aromatic heterocycles. The summed E-state index contributed by atoms with van der Waals surface area (Å²) in [7, 11) is -1.90. The average molecular weight is 276 g/mol. The Hall–Kier alpha value is -1.72. The standard InChI is InChI=1S/C14H16N2O2S/c1-12-6-5-8-14(10-12)19(17,18)16(2)11-13-7-3-4-9-15-13/h3-10H,11H2,1-2H3. The van der Waals surface area contributed by atoms with Gasteiger partial charge in [-0.1, -0.05) is 18.2 Å². The molecule has 5 heteroatoms. The molecule has 100 valence electrons. The molecule has 19 heavy (non-hydrogen) atoms. The number of nitrogens with zero attached hydrogens (tertiary/aromatic N) is 2. The van der Waals surface area contributed by atoms with Crippen molar-refractivity contribution in [2.45, 2.75) is 18.4 Å². The highest BCUT2D eigenvalue weighted by Gasteiger charge is 2.21. The summed E-state index contributed by atoms with van der Waals surface area (Å²) in [6.07, 6.45) is 1.66. The first-order valence-corrected chi connectivity index (χ1v) is 7.37. The van der Waals surface area contributed by atoms with Crippen LogP contribution in [-0.4, -0.2) is 24.8 Å². The van der Waals surface area contributed by atoms with Crippen molar-refractivity contribution in [3.63, 3.8) is 0 Å². The van der Waals surface area contributed by atoms with E-state index < -0.39 is 10.0 Å². The lowest BCUT2D eigenvalue weighted by molar-refractivity contribution is 0.462. The fraction of sp³-hybridized carbons (Fsp3) is 0.214. The van der Waals surface area contributed by atoms with E-state index in [-0.39, 0.29) is 6.54 Å². The van der Waals surface area contributed by atoms with Crippen molar-refractivity contribution in [1.82, 2.24) is 9.29 Å². The van der Waals surface area contributed by atoms with Gasteiger partial charge in [0.25, 0.3) is 0 Å². The van der Waals surface area contributed by atoms with E-state index in [9.17, 15) is 8.42 Å². The van der Waals surface area contributed by atoms with Crippen molar-refractivity contribution in [3.05, 3.63) is 59.9 Å². The minimum absolute atomic E-state index is 0.261. The van der Waals surface area contributed by atoms with Crippen molar-refractivity contribution in [2.75, 3.05) is 7.05 Å². The molecule has 0 fully saturated rings. The topological polar surface area (TPSA) is 50.3 Å². The van der Waals surface area contributed by atoms with Crippen molar-refractivity contribution < 1.29 is 8.42 Å². The lowest BCUT2D eigenvalue weighted by Gasteiger charge is -2.17. The third-order valence-corrected chi connectivity index (χ3v) is 4.61. The molecule has 4 nitrogen and oxygen atoms in total. The fourth-order valence-electron chi connectivity index (χ4n) is 1.76. The highest BCUT2D eigenvalue weighted by Crippen LogP contribution is 2.17. The molecule has 0 bridgehead atoms. The van der Waals surface area contributed by atoms with Crippen molar-refractivity contribution in [3.8, 4) is 0 Å². The maximum Gasteiger partial charge on any atom is 0.243 e. The Morgan fingerprint density at radius 3 is 2.58 bits per heavy atom. The molecule has 0 aliphatic rings. The van der Waals surface area contributed by atoms with Gasteiger partial charge in [-0.2, -0.15) is 4.31 Å². The molecule has 0 unspecified atom stereocenters. The molecule has 0 radical (unpaired) electrons. The summed E-state index contributed by atoms with van der Waals surface area (Å²) in [5.74, 6) is 0. The van der Waals surface area contributed by atoms with Crippen molar-refractivity contribution in [2.24, 2.45) is 0 Å². The Balaban J connectivity index is 2.25. The molecule has 1 aromatic carbocycles. The Morgan fingerprint density at radius 2 is 1.95 bits per heavy atom. The minimum Gasteiger partial charge on any atom is -0.260 e. The second kappa shape index (κ2) is 5.50. The van der Waals surface area contributed by atoms with Gasteiger partial charge in [0.05, 0.1) is 17.1 Å². The van der Waals surface area contributed by atoms with Gasteiger partial charge < -0.3 is 0 Å². The van der Waals surface area contributed by atoms with Crippen LogP contribution in [-0.2, 0) is 16.6 Å². The number of aromatic nitrogens is 1. The highest BCUT2D eigenvalue weighted by molar-refractivity contribution is 7.89. The molecule has 0 saturated carbocycles. The first kappa shape index (κ1) is 13.7.